The van der Waals surface area contributed by atoms with Crippen LogP contribution in [0.25, 0.3) is 10.9 Å². The molecule has 4 saturated heterocycles. The highest BCUT2D eigenvalue weighted by Gasteiger charge is 2.40. The standard InChI is InChI=1S/C42H50N10O4/c1-26-23-49(24-27-12-15-50(16-13-27)34-6-3-5-30-31(34)25-52(42(30)56)36-9-11-39(53)47-41(36)55)17-18-51(26)38-10-8-28(21-44-38)40(54)46-37-20-32-29(22-43-37)19-33(45-32)35-7-4-14-48(35)2/h3,5-6,8,10,19-22,26-27,35-36,45H,4,7,9,11-18,23-25H2,1-2H3,(H,43,46,54)(H,47,53,55)/t26-,35-,36?/m1/s1. The van der Waals surface area contributed by atoms with Crippen LogP contribution in [0.3, 0.4) is 0 Å². The number of nitrogens with zero attached hydrogens (tertiary/aromatic N) is 7. The summed E-state index contributed by atoms with van der Waals surface area (Å²) in [6.45, 7) is 9.39. The molecule has 1 aromatic carbocycles. The number of hydrogen-bond acceptors (Lipinski definition) is 10. The molecule has 4 amide bonds. The Labute approximate surface area is 326 Å². The van der Waals surface area contributed by atoms with E-state index in [1.165, 1.54) is 12.1 Å². The number of nitrogens with one attached hydrogen (secondary N) is 3. The zero-order valence-electron chi connectivity index (χ0n) is 32.2. The van der Waals surface area contributed by atoms with Gasteiger partial charge in [0.15, 0.2) is 0 Å². The normalized spacial score (nSPS) is 23.9. The SMILES string of the molecule is C[C@@H]1CN(CC2CCN(c3cccc4c3CN(C3CCC(=O)NC3=O)C4=O)CC2)CCN1c1ccc(C(=O)Nc2cc3[nH]c([C@H]4CCCN4C)cc3cn2)cn1. The number of piperidine rings is 2. The first-order chi connectivity index (χ1) is 27.2. The van der Waals surface area contributed by atoms with E-state index in [0.29, 0.717) is 41.9 Å². The maximum atomic E-state index is 13.4. The van der Waals surface area contributed by atoms with Gasteiger partial charge in [0.2, 0.25) is 11.8 Å². The molecule has 8 heterocycles. The number of imide groups is 1. The minimum atomic E-state index is -0.608. The summed E-state index contributed by atoms with van der Waals surface area (Å²) in [7, 11) is 2.16. The molecular weight excluding hydrogens is 709 g/mol. The lowest BCUT2D eigenvalue weighted by Crippen LogP contribution is -2.53. The lowest BCUT2D eigenvalue weighted by atomic mass is 9.94. The van der Waals surface area contributed by atoms with E-state index >= 15 is 0 Å². The predicted octanol–water partition coefficient (Wildman–Crippen LogP) is 4.17. The molecule has 1 unspecified atom stereocenters. The summed E-state index contributed by atoms with van der Waals surface area (Å²) in [4.78, 5) is 74.9. The maximum Gasteiger partial charge on any atom is 0.258 e. The van der Waals surface area contributed by atoms with Gasteiger partial charge in [-0.05, 0) is 88.9 Å². The first-order valence-electron chi connectivity index (χ1n) is 20.2. The first kappa shape index (κ1) is 36.3. The Morgan fingerprint density at radius 3 is 2.52 bits per heavy atom. The van der Waals surface area contributed by atoms with Gasteiger partial charge in [-0.15, -0.1) is 0 Å². The van der Waals surface area contributed by atoms with E-state index in [1.807, 2.05) is 36.5 Å². The van der Waals surface area contributed by atoms with Crippen LogP contribution < -0.4 is 20.4 Å². The monoisotopic (exact) mass is 758 g/mol. The summed E-state index contributed by atoms with van der Waals surface area (Å²) in [5.74, 6) is 0.952. The maximum absolute atomic E-state index is 13.4. The number of pyridine rings is 2. The van der Waals surface area contributed by atoms with Crippen molar-refractivity contribution >= 4 is 51.9 Å². The largest absolute Gasteiger partial charge is 0.371 e. The summed E-state index contributed by atoms with van der Waals surface area (Å²) in [6.07, 6.45) is 8.56. The lowest BCUT2D eigenvalue weighted by Gasteiger charge is -2.43. The van der Waals surface area contributed by atoms with E-state index in [-0.39, 0.29) is 36.1 Å². The van der Waals surface area contributed by atoms with Crippen molar-refractivity contribution in [2.75, 3.05) is 68.0 Å². The molecule has 14 nitrogen and oxygen atoms in total. The number of carbonyl (C=O) groups is 4. The van der Waals surface area contributed by atoms with E-state index < -0.39 is 6.04 Å². The zero-order chi connectivity index (χ0) is 38.5. The zero-order valence-corrected chi connectivity index (χ0v) is 32.2. The number of aromatic nitrogens is 3. The molecule has 0 spiro atoms. The van der Waals surface area contributed by atoms with Gasteiger partial charge in [0.05, 0.1) is 11.1 Å². The smallest absolute Gasteiger partial charge is 0.258 e. The summed E-state index contributed by atoms with van der Waals surface area (Å²) < 4.78 is 0. The van der Waals surface area contributed by atoms with Gasteiger partial charge in [0.1, 0.15) is 17.7 Å². The molecule has 14 heteroatoms. The van der Waals surface area contributed by atoms with Gasteiger partial charge in [-0.3, -0.25) is 34.3 Å². The Balaban J connectivity index is 0.756. The molecule has 5 aliphatic rings. The molecule has 292 valence electrons. The fraction of sp³-hybridized carbons (Fsp3) is 0.476. The number of rotatable bonds is 8. The second-order valence-electron chi connectivity index (χ2n) is 16.3. The number of amides is 4. The van der Waals surface area contributed by atoms with E-state index in [2.05, 4.69) is 66.3 Å². The van der Waals surface area contributed by atoms with E-state index in [9.17, 15) is 19.2 Å². The molecule has 5 aliphatic heterocycles. The molecule has 3 atom stereocenters. The van der Waals surface area contributed by atoms with Crippen LogP contribution in [0.1, 0.15) is 83.5 Å². The minimum Gasteiger partial charge on any atom is -0.371 e. The molecule has 0 aliphatic carbocycles. The van der Waals surface area contributed by atoms with Crippen molar-refractivity contribution in [1.82, 2.24) is 35.0 Å². The van der Waals surface area contributed by atoms with Gasteiger partial charge >= 0.3 is 0 Å². The highest BCUT2D eigenvalue weighted by molar-refractivity contribution is 6.06. The average Bonchev–Trinajstić information content (AvgIpc) is 3.91. The summed E-state index contributed by atoms with van der Waals surface area (Å²) in [5.41, 5.74) is 5.38. The third-order valence-corrected chi connectivity index (χ3v) is 12.7. The second kappa shape index (κ2) is 15.0. The fourth-order valence-corrected chi connectivity index (χ4v) is 9.60. The number of aromatic amines is 1. The number of hydrogen-bond donors (Lipinski definition) is 3. The van der Waals surface area contributed by atoms with Crippen LogP contribution in [0, 0.1) is 5.92 Å². The third kappa shape index (κ3) is 7.00. The average molecular weight is 759 g/mol. The van der Waals surface area contributed by atoms with Gasteiger partial charge < -0.3 is 25.0 Å². The van der Waals surface area contributed by atoms with Crippen molar-refractivity contribution in [3.63, 3.8) is 0 Å². The predicted molar refractivity (Wildman–Crippen MR) is 214 cm³/mol. The Kier molecular flexibility index (Phi) is 9.70. The molecule has 4 fully saturated rings. The number of likely N-dealkylation sites (tertiary alicyclic amines) is 1. The molecule has 0 bridgehead atoms. The molecule has 9 rings (SSSR count). The Morgan fingerprint density at radius 2 is 1.77 bits per heavy atom. The highest BCUT2D eigenvalue weighted by Crippen LogP contribution is 2.36. The second-order valence-corrected chi connectivity index (χ2v) is 16.3. The quantitative estimate of drug-likeness (QED) is 0.224. The van der Waals surface area contributed by atoms with Crippen LogP contribution in [0.15, 0.2) is 54.9 Å². The molecule has 3 N–H and O–H groups in total. The number of H-pyrrole nitrogens is 1. The number of anilines is 3. The van der Waals surface area contributed by atoms with Gasteiger partial charge in [-0.1, -0.05) is 6.07 Å². The summed E-state index contributed by atoms with van der Waals surface area (Å²) in [6, 6.07) is 13.8. The molecule has 4 aromatic rings. The number of benzene rings is 1. The molecular formula is C42H50N10O4. The lowest BCUT2D eigenvalue weighted by molar-refractivity contribution is -0.136. The van der Waals surface area contributed by atoms with Crippen molar-refractivity contribution in [2.24, 2.45) is 5.92 Å². The van der Waals surface area contributed by atoms with Crippen molar-refractivity contribution < 1.29 is 19.2 Å². The van der Waals surface area contributed by atoms with Crippen LogP contribution in [0.2, 0.25) is 0 Å². The van der Waals surface area contributed by atoms with E-state index in [4.69, 9.17) is 4.98 Å². The van der Waals surface area contributed by atoms with Crippen LogP contribution >= 0.6 is 0 Å². The van der Waals surface area contributed by atoms with Crippen molar-refractivity contribution in [3.8, 4) is 0 Å². The summed E-state index contributed by atoms with van der Waals surface area (Å²) in [5, 5.41) is 6.39. The third-order valence-electron chi connectivity index (χ3n) is 12.7. The highest BCUT2D eigenvalue weighted by atomic mass is 16.2. The number of carbonyl (C=O) groups excluding carboxylic acids is 4. The van der Waals surface area contributed by atoms with Gasteiger partial charge in [-0.25, -0.2) is 9.97 Å². The Bertz CT molecular complexity index is 2160. The van der Waals surface area contributed by atoms with Crippen LogP contribution in [-0.4, -0.2) is 118 Å². The molecule has 56 heavy (non-hydrogen) atoms. The van der Waals surface area contributed by atoms with Crippen molar-refractivity contribution in [3.05, 3.63) is 77.2 Å². The Morgan fingerprint density at radius 1 is 0.911 bits per heavy atom. The summed E-state index contributed by atoms with van der Waals surface area (Å²) >= 11 is 0. The van der Waals surface area contributed by atoms with Gasteiger partial charge in [-0.2, -0.15) is 0 Å². The molecule has 0 radical (unpaired) electrons. The minimum absolute atomic E-state index is 0.129. The van der Waals surface area contributed by atoms with E-state index in [1.54, 1.807) is 11.1 Å². The number of piperazine rings is 1. The van der Waals surface area contributed by atoms with Crippen molar-refractivity contribution in [1.29, 1.82) is 0 Å². The number of fused-ring (bicyclic) bond motifs is 2. The fourth-order valence-electron chi connectivity index (χ4n) is 9.60. The van der Waals surface area contributed by atoms with Crippen LogP contribution in [0.4, 0.5) is 17.3 Å². The van der Waals surface area contributed by atoms with Gasteiger partial charge in [0, 0.05) is 111 Å². The topological polar surface area (TPSA) is 150 Å². The van der Waals surface area contributed by atoms with Gasteiger partial charge in [0.25, 0.3) is 11.8 Å². The molecule has 0 saturated carbocycles. The van der Waals surface area contributed by atoms with Crippen LogP contribution in [-0.2, 0) is 16.1 Å². The Hall–Kier alpha value is -5.34. The first-order valence-corrected chi connectivity index (χ1v) is 20.2. The van der Waals surface area contributed by atoms with Crippen LogP contribution in [0.5, 0.6) is 0 Å². The van der Waals surface area contributed by atoms with E-state index in [0.717, 1.165) is 93.0 Å². The molecule has 3 aromatic heterocycles. The van der Waals surface area contributed by atoms with Crippen molar-refractivity contribution in [2.45, 2.75) is 70.1 Å².